The third-order valence-corrected chi connectivity index (χ3v) is 5.17. The molecule has 146 valence electrons. The smallest absolute Gasteiger partial charge is 0.329 e. The van der Waals surface area contributed by atoms with Gasteiger partial charge in [0.25, 0.3) is 0 Å². The second kappa shape index (κ2) is 8.68. The Morgan fingerprint density at radius 1 is 0.889 bits per heavy atom. The van der Waals surface area contributed by atoms with E-state index >= 15 is 0 Å². The first-order chi connectivity index (χ1) is 12.8. The summed E-state index contributed by atoms with van der Waals surface area (Å²) >= 11 is 0. The highest BCUT2D eigenvalue weighted by atomic mass is 16.5. The van der Waals surface area contributed by atoms with Gasteiger partial charge in [0.15, 0.2) is 5.54 Å². The van der Waals surface area contributed by atoms with Gasteiger partial charge in [-0.25, -0.2) is 4.79 Å². The number of rotatable bonds is 7. The minimum absolute atomic E-state index is 0.0779. The Kier molecular flexibility index (Phi) is 6.79. The van der Waals surface area contributed by atoms with Crippen molar-refractivity contribution in [1.82, 2.24) is 5.32 Å². The lowest BCUT2D eigenvalue weighted by molar-refractivity contribution is -0.166. The van der Waals surface area contributed by atoms with Crippen molar-refractivity contribution in [3.8, 4) is 0 Å². The van der Waals surface area contributed by atoms with Crippen molar-refractivity contribution >= 4 is 5.97 Å². The highest BCUT2D eigenvalue weighted by Gasteiger charge is 2.56. The van der Waals surface area contributed by atoms with Crippen LogP contribution in [0.4, 0.5) is 0 Å². The van der Waals surface area contributed by atoms with Crippen LogP contribution in [0.2, 0.25) is 0 Å². The second-order valence-corrected chi connectivity index (χ2v) is 7.85. The van der Waals surface area contributed by atoms with Crippen LogP contribution in [-0.2, 0) is 14.3 Å². The SMILES string of the molecule is COC(=O)C(NC(C)c1ccccc1)(C(OC)c1ccccc1)C(C)(C)C. The summed E-state index contributed by atoms with van der Waals surface area (Å²) < 4.78 is 11.2. The van der Waals surface area contributed by atoms with Crippen molar-refractivity contribution < 1.29 is 14.3 Å². The first kappa shape index (κ1) is 21.1. The average molecular weight is 370 g/mol. The number of hydrogen-bond donors (Lipinski definition) is 1. The summed E-state index contributed by atoms with van der Waals surface area (Å²) in [5, 5.41) is 3.59. The molecule has 3 atom stereocenters. The lowest BCUT2D eigenvalue weighted by atomic mass is 9.67. The predicted octanol–water partition coefficient (Wildman–Crippen LogP) is 4.68. The highest BCUT2D eigenvalue weighted by Crippen LogP contribution is 2.44. The second-order valence-electron chi connectivity index (χ2n) is 7.85. The molecule has 0 aliphatic carbocycles. The summed E-state index contributed by atoms with van der Waals surface area (Å²) in [6.07, 6.45) is -0.516. The zero-order chi connectivity index (χ0) is 20.1. The number of esters is 1. The molecule has 2 rings (SSSR count). The lowest BCUT2D eigenvalue weighted by Crippen LogP contribution is -2.65. The minimum atomic E-state index is -1.09. The molecule has 2 aromatic rings. The number of ether oxygens (including phenoxy) is 2. The van der Waals surface area contributed by atoms with E-state index < -0.39 is 17.1 Å². The van der Waals surface area contributed by atoms with E-state index in [1.807, 2.05) is 81.4 Å². The molecular formula is C23H31NO3. The molecule has 0 amide bonds. The normalized spacial score (nSPS) is 16.2. The predicted molar refractivity (Wildman–Crippen MR) is 108 cm³/mol. The molecule has 3 unspecified atom stereocenters. The Labute approximate surface area is 162 Å². The fourth-order valence-electron chi connectivity index (χ4n) is 3.68. The van der Waals surface area contributed by atoms with Gasteiger partial charge in [0.2, 0.25) is 0 Å². The molecule has 0 aliphatic rings. The summed E-state index contributed by atoms with van der Waals surface area (Å²) in [5.74, 6) is -0.339. The third kappa shape index (κ3) is 4.23. The zero-order valence-corrected chi connectivity index (χ0v) is 17.2. The van der Waals surface area contributed by atoms with E-state index in [0.29, 0.717) is 0 Å². The van der Waals surface area contributed by atoms with E-state index in [0.717, 1.165) is 11.1 Å². The van der Waals surface area contributed by atoms with Crippen molar-refractivity contribution in [3.63, 3.8) is 0 Å². The van der Waals surface area contributed by atoms with E-state index in [2.05, 4.69) is 12.2 Å². The van der Waals surface area contributed by atoms with E-state index in [1.165, 1.54) is 7.11 Å². The fourth-order valence-corrected chi connectivity index (χ4v) is 3.68. The van der Waals surface area contributed by atoms with Crippen molar-refractivity contribution in [2.24, 2.45) is 5.41 Å². The largest absolute Gasteiger partial charge is 0.468 e. The quantitative estimate of drug-likeness (QED) is 0.720. The van der Waals surface area contributed by atoms with Gasteiger partial charge in [0.1, 0.15) is 6.10 Å². The van der Waals surface area contributed by atoms with Crippen molar-refractivity contribution in [3.05, 3.63) is 71.8 Å². The molecule has 2 aromatic carbocycles. The summed E-state index contributed by atoms with van der Waals surface area (Å²) in [4.78, 5) is 13.3. The maximum Gasteiger partial charge on any atom is 0.329 e. The van der Waals surface area contributed by atoms with Crippen LogP contribution in [0.1, 0.15) is 51.0 Å². The number of benzene rings is 2. The zero-order valence-electron chi connectivity index (χ0n) is 17.2. The molecule has 4 nitrogen and oxygen atoms in total. The molecule has 0 spiro atoms. The van der Waals surface area contributed by atoms with Crippen LogP contribution >= 0.6 is 0 Å². The van der Waals surface area contributed by atoms with Gasteiger partial charge in [-0.05, 0) is 23.5 Å². The van der Waals surface area contributed by atoms with Crippen LogP contribution < -0.4 is 5.32 Å². The Hall–Kier alpha value is -2.17. The van der Waals surface area contributed by atoms with Gasteiger partial charge in [-0.1, -0.05) is 81.4 Å². The third-order valence-electron chi connectivity index (χ3n) is 5.17. The van der Waals surface area contributed by atoms with E-state index in [-0.39, 0.29) is 12.0 Å². The van der Waals surface area contributed by atoms with Crippen molar-refractivity contribution in [2.75, 3.05) is 14.2 Å². The lowest BCUT2D eigenvalue weighted by Gasteiger charge is -2.48. The standard InChI is InChI=1S/C23H31NO3/c1-17(18-13-9-7-10-14-18)24-23(21(25)27-6,22(2,3)4)20(26-5)19-15-11-8-12-16-19/h7-17,20,24H,1-6H3. The average Bonchev–Trinajstić information content (AvgIpc) is 2.67. The molecule has 0 bridgehead atoms. The molecule has 27 heavy (non-hydrogen) atoms. The van der Waals surface area contributed by atoms with E-state index in [1.54, 1.807) is 7.11 Å². The highest BCUT2D eigenvalue weighted by molar-refractivity contribution is 5.83. The maximum atomic E-state index is 13.3. The Balaban J connectivity index is 2.61. The van der Waals surface area contributed by atoms with Gasteiger partial charge in [-0.15, -0.1) is 0 Å². The van der Waals surface area contributed by atoms with Crippen LogP contribution in [0.15, 0.2) is 60.7 Å². The van der Waals surface area contributed by atoms with E-state index in [9.17, 15) is 4.79 Å². The topological polar surface area (TPSA) is 47.6 Å². The fraction of sp³-hybridized carbons (Fsp3) is 0.435. The van der Waals surface area contributed by atoms with Crippen molar-refractivity contribution in [2.45, 2.75) is 45.4 Å². The summed E-state index contributed by atoms with van der Waals surface area (Å²) in [5.41, 5.74) is 0.443. The summed E-state index contributed by atoms with van der Waals surface area (Å²) in [6.45, 7) is 8.15. The van der Waals surface area contributed by atoms with Crippen molar-refractivity contribution in [1.29, 1.82) is 0 Å². The number of carbonyl (C=O) groups excluding carboxylic acids is 1. The van der Waals surface area contributed by atoms with Gasteiger partial charge in [0, 0.05) is 13.2 Å². The Morgan fingerprint density at radius 3 is 1.78 bits per heavy atom. The van der Waals surface area contributed by atoms with Gasteiger partial charge in [0.05, 0.1) is 7.11 Å². The molecule has 0 saturated heterocycles. The molecule has 0 radical (unpaired) electrons. The molecule has 1 N–H and O–H groups in total. The van der Waals surface area contributed by atoms with Crippen LogP contribution in [0, 0.1) is 5.41 Å². The van der Waals surface area contributed by atoms with Crippen LogP contribution in [-0.4, -0.2) is 25.7 Å². The minimum Gasteiger partial charge on any atom is -0.468 e. The van der Waals surface area contributed by atoms with Crippen LogP contribution in [0.25, 0.3) is 0 Å². The summed E-state index contributed by atoms with van der Waals surface area (Å²) in [6, 6.07) is 19.8. The summed E-state index contributed by atoms with van der Waals surface area (Å²) in [7, 11) is 3.06. The Bertz CT molecular complexity index is 724. The van der Waals surface area contributed by atoms with Crippen LogP contribution in [0.5, 0.6) is 0 Å². The molecule has 0 aliphatic heterocycles. The number of carbonyl (C=O) groups is 1. The molecular weight excluding hydrogens is 338 g/mol. The molecule has 0 saturated carbocycles. The molecule has 4 heteroatoms. The molecule has 0 heterocycles. The monoisotopic (exact) mass is 369 g/mol. The molecule has 0 fully saturated rings. The van der Waals surface area contributed by atoms with Gasteiger partial charge >= 0.3 is 5.97 Å². The maximum absolute atomic E-state index is 13.3. The van der Waals surface area contributed by atoms with Gasteiger partial charge < -0.3 is 9.47 Å². The first-order valence-electron chi connectivity index (χ1n) is 9.26. The number of hydrogen-bond acceptors (Lipinski definition) is 4. The number of methoxy groups -OCH3 is 2. The first-order valence-corrected chi connectivity index (χ1v) is 9.26. The van der Waals surface area contributed by atoms with Gasteiger partial charge in [-0.2, -0.15) is 0 Å². The number of nitrogens with one attached hydrogen (secondary N) is 1. The van der Waals surface area contributed by atoms with E-state index in [4.69, 9.17) is 9.47 Å². The molecule has 0 aromatic heterocycles. The Morgan fingerprint density at radius 2 is 1.37 bits per heavy atom. The van der Waals surface area contributed by atoms with Crippen LogP contribution in [0.3, 0.4) is 0 Å². The van der Waals surface area contributed by atoms with Gasteiger partial charge in [-0.3, -0.25) is 5.32 Å².